The van der Waals surface area contributed by atoms with E-state index in [0.29, 0.717) is 32.0 Å². The summed E-state index contributed by atoms with van der Waals surface area (Å²) in [6.07, 6.45) is 2.72. The fourth-order valence-electron chi connectivity index (χ4n) is 2.96. The first-order chi connectivity index (χ1) is 11.4. The zero-order valence-electron chi connectivity index (χ0n) is 15.0. The Labute approximate surface area is 143 Å². The SMILES string of the molecule is COCCNC(=O)Cc1cn2c(n1)C(C)N(C(=O)CC(C)C)CC2. The Morgan fingerprint density at radius 2 is 2.17 bits per heavy atom. The molecule has 7 heteroatoms. The number of nitrogens with zero attached hydrogens (tertiary/aromatic N) is 3. The highest BCUT2D eigenvalue weighted by Crippen LogP contribution is 2.26. The summed E-state index contributed by atoms with van der Waals surface area (Å²) < 4.78 is 6.97. The molecule has 1 aromatic rings. The highest BCUT2D eigenvalue weighted by molar-refractivity contribution is 5.78. The first-order valence-corrected chi connectivity index (χ1v) is 8.53. The van der Waals surface area contributed by atoms with Gasteiger partial charge in [0.15, 0.2) is 0 Å². The van der Waals surface area contributed by atoms with Crippen LogP contribution in [0, 0.1) is 5.92 Å². The van der Waals surface area contributed by atoms with E-state index < -0.39 is 0 Å². The lowest BCUT2D eigenvalue weighted by atomic mass is 10.1. The zero-order chi connectivity index (χ0) is 17.7. The van der Waals surface area contributed by atoms with E-state index in [1.54, 1.807) is 7.11 Å². The number of fused-ring (bicyclic) bond motifs is 1. The topological polar surface area (TPSA) is 76.5 Å². The van der Waals surface area contributed by atoms with Gasteiger partial charge in [-0.25, -0.2) is 4.98 Å². The van der Waals surface area contributed by atoms with Crippen LogP contribution < -0.4 is 5.32 Å². The van der Waals surface area contributed by atoms with Crippen LogP contribution in [0.4, 0.5) is 0 Å². The summed E-state index contributed by atoms with van der Waals surface area (Å²) in [6.45, 7) is 8.50. The molecule has 0 aromatic carbocycles. The second kappa shape index (κ2) is 8.28. The number of aromatic nitrogens is 2. The van der Waals surface area contributed by atoms with Crippen LogP contribution in [0.5, 0.6) is 0 Å². The van der Waals surface area contributed by atoms with Crippen LogP contribution in [0.3, 0.4) is 0 Å². The molecule has 0 fully saturated rings. The van der Waals surface area contributed by atoms with Gasteiger partial charge in [0, 0.05) is 39.4 Å². The van der Waals surface area contributed by atoms with Crippen molar-refractivity contribution in [2.24, 2.45) is 5.92 Å². The quantitative estimate of drug-likeness (QED) is 0.758. The van der Waals surface area contributed by atoms with Crippen LogP contribution in [0.2, 0.25) is 0 Å². The summed E-state index contributed by atoms with van der Waals surface area (Å²) in [5.74, 6) is 1.31. The predicted molar refractivity (Wildman–Crippen MR) is 90.4 cm³/mol. The second-order valence-electron chi connectivity index (χ2n) is 6.66. The maximum Gasteiger partial charge on any atom is 0.226 e. The molecule has 0 aliphatic carbocycles. The number of carbonyl (C=O) groups excluding carboxylic acids is 2. The van der Waals surface area contributed by atoms with Crippen LogP contribution in [-0.4, -0.2) is 53.1 Å². The molecule has 1 unspecified atom stereocenters. The van der Waals surface area contributed by atoms with Crippen LogP contribution in [0.1, 0.15) is 44.8 Å². The molecule has 1 N–H and O–H groups in total. The van der Waals surface area contributed by atoms with Gasteiger partial charge in [0.2, 0.25) is 11.8 Å². The molecule has 134 valence electrons. The molecule has 1 aromatic heterocycles. The minimum absolute atomic E-state index is 0.0599. The molecule has 1 atom stereocenters. The largest absolute Gasteiger partial charge is 0.383 e. The number of nitrogens with one attached hydrogen (secondary N) is 1. The van der Waals surface area contributed by atoms with Gasteiger partial charge in [-0.3, -0.25) is 9.59 Å². The standard InChI is InChI=1S/C17H28N4O3/c1-12(2)9-16(23)21-7-6-20-11-14(19-17(20)13(21)3)10-15(22)18-5-8-24-4/h11-13H,5-10H2,1-4H3,(H,18,22). The third-order valence-electron chi connectivity index (χ3n) is 4.15. The molecule has 0 saturated heterocycles. The molecule has 1 aliphatic heterocycles. The van der Waals surface area contributed by atoms with E-state index in [1.165, 1.54) is 0 Å². The highest BCUT2D eigenvalue weighted by atomic mass is 16.5. The number of rotatable bonds is 7. The molecule has 1 aliphatic rings. The molecule has 0 saturated carbocycles. The number of imidazole rings is 1. The predicted octanol–water partition coefficient (Wildman–Crippen LogP) is 1.14. The molecule has 7 nitrogen and oxygen atoms in total. The first kappa shape index (κ1) is 18.4. The average Bonchev–Trinajstić information content (AvgIpc) is 2.90. The lowest BCUT2D eigenvalue weighted by molar-refractivity contribution is -0.135. The van der Waals surface area contributed by atoms with Crippen molar-refractivity contribution >= 4 is 11.8 Å². The molecular weight excluding hydrogens is 308 g/mol. The molecule has 24 heavy (non-hydrogen) atoms. The van der Waals surface area contributed by atoms with Crippen molar-refractivity contribution in [2.45, 2.75) is 46.2 Å². The first-order valence-electron chi connectivity index (χ1n) is 8.53. The van der Waals surface area contributed by atoms with Crippen molar-refractivity contribution in [3.05, 3.63) is 17.7 Å². The van der Waals surface area contributed by atoms with Gasteiger partial charge in [-0.05, 0) is 12.8 Å². The molecule has 0 spiro atoms. The highest BCUT2D eigenvalue weighted by Gasteiger charge is 2.29. The molecule has 2 rings (SSSR count). The van der Waals surface area contributed by atoms with Gasteiger partial charge < -0.3 is 19.5 Å². The second-order valence-corrected chi connectivity index (χ2v) is 6.66. The van der Waals surface area contributed by atoms with Gasteiger partial charge in [-0.2, -0.15) is 0 Å². The number of carbonyl (C=O) groups is 2. The van der Waals surface area contributed by atoms with E-state index in [4.69, 9.17) is 4.74 Å². The molecule has 0 radical (unpaired) electrons. The van der Waals surface area contributed by atoms with Crippen LogP contribution in [0.25, 0.3) is 0 Å². The van der Waals surface area contributed by atoms with Crippen LogP contribution in [-0.2, 0) is 27.3 Å². The van der Waals surface area contributed by atoms with Gasteiger partial charge in [0.05, 0.1) is 24.8 Å². The third kappa shape index (κ3) is 4.56. The fraction of sp³-hybridized carbons (Fsp3) is 0.706. The molecule has 2 amide bonds. The number of amides is 2. The van der Waals surface area contributed by atoms with Crippen molar-refractivity contribution in [3.8, 4) is 0 Å². The summed E-state index contributed by atoms with van der Waals surface area (Å²) in [6, 6.07) is -0.0599. The van der Waals surface area contributed by atoms with E-state index >= 15 is 0 Å². The Balaban J connectivity index is 2.00. The van der Waals surface area contributed by atoms with Gasteiger partial charge >= 0.3 is 0 Å². The van der Waals surface area contributed by atoms with Crippen molar-refractivity contribution in [1.82, 2.24) is 19.8 Å². The van der Waals surface area contributed by atoms with Crippen molar-refractivity contribution in [1.29, 1.82) is 0 Å². The van der Waals surface area contributed by atoms with Crippen molar-refractivity contribution in [2.75, 3.05) is 26.8 Å². The maximum atomic E-state index is 12.4. The van der Waals surface area contributed by atoms with E-state index in [2.05, 4.69) is 14.9 Å². The summed E-state index contributed by atoms with van der Waals surface area (Å²) >= 11 is 0. The lowest BCUT2D eigenvalue weighted by Crippen LogP contribution is -2.41. The monoisotopic (exact) mass is 336 g/mol. The van der Waals surface area contributed by atoms with E-state index in [0.717, 1.165) is 18.1 Å². The molecular formula is C17H28N4O3. The van der Waals surface area contributed by atoms with Gasteiger partial charge in [0.1, 0.15) is 5.82 Å². The van der Waals surface area contributed by atoms with Crippen LogP contribution >= 0.6 is 0 Å². The summed E-state index contributed by atoms with van der Waals surface area (Å²) in [5.41, 5.74) is 0.741. The number of ether oxygens (including phenoxy) is 1. The van der Waals surface area contributed by atoms with Gasteiger partial charge in [-0.15, -0.1) is 0 Å². The molecule has 0 bridgehead atoms. The summed E-state index contributed by atoms with van der Waals surface area (Å²) in [7, 11) is 1.60. The number of methoxy groups -OCH3 is 1. The van der Waals surface area contributed by atoms with Crippen molar-refractivity contribution in [3.63, 3.8) is 0 Å². The Hall–Kier alpha value is -1.89. The van der Waals surface area contributed by atoms with E-state index in [9.17, 15) is 9.59 Å². The normalized spacial score (nSPS) is 17.0. The third-order valence-corrected chi connectivity index (χ3v) is 4.15. The smallest absolute Gasteiger partial charge is 0.226 e. The Bertz CT molecular complexity index is 582. The fourth-order valence-corrected chi connectivity index (χ4v) is 2.96. The zero-order valence-corrected chi connectivity index (χ0v) is 15.0. The van der Waals surface area contributed by atoms with Crippen LogP contribution in [0.15, 0.2) is 6.20 Å². The molecule has 2 heterocycles. The van der Waals surface area contributed by atoms with Crippen molar-refractivity contribution < 1.29 is 14.3 Å². The number of hydrogen-bond acceptors (Lipinski definition) is 4. The Kier molecular flexibility index (Phi) is 6.36. The van der Waals surface area contributed by atoms with Gasteiger partial charge in [0.25, 0.3) is 0 Å². The van der Waals surface area contributed by atoms with E-state index in [-0.39, 0.29) is 24.3 Å². The van der Waals surface area contributed by atoms with Gasteiger partial charge in [-0.1, -0.05) is 13.8 Å². The lowest BCUT2D eigenvalue weighted by Gasteiger charge is -2.34. The van der Waals surface area contributed by atoms with E-state index in [1.807, 2.05) is 31.9 Å². The Morgan fingerprint density at radius 1 is 1.42 bits per heavy atom. The summed E-state index contributed by atoms with van der Waals surface area (Å²) in [4.78, 5) is 30.8. The average molecular weight is 336 g/mol. The number of hydrogen-bond donors (Lipinski definition) is 1. The maximum absolute atomic E-state index is 12.4. The Morgan fingerprint density at radius 3 is 2.83 bits per heavy atom. The summed E-state index contributed by atoms with van der Waals surface area (Å²) in [5, 5.41) is 2.79. The minimum atomic E-state index is -0.0668. The minimum Gasteiger partial charge on any atom is -0.383 e.